The van der Waals surface area contributed by atoms with Gasteiger partial charge in [-0.15, -0.1) is 0 Å². The number of halogens is 1. The van der Waals surface area contributed by atoms with Crippen LogP contribution < -0.4 is 21.1 Å². The van der Waals surface area contributed by atoms with Gasteiger partial charge in [-0.3, -0.25) is 9.80 Å². The Kier molecular flexibility index (Phi) is 5.86. The molecule has 29 heavy (non-hydrogen) atoms. The highest BCUT2D eigenvalue weighted by Gasteiger charge is 2.43. The number of aliphatic imine (C=N–C) groups is 2. The molecular formula is C20H29FN6O2. The van der Waals surface area contributed by atoms with Crippen molar-refractivity contribution in [1.29, 1.82) is 0 Å². The number of morpholine rings is 1. The molecule has 1 saturated heterocycles. The molecule has 8 nitrogen and oxygen atoms in total. The number of anilines is 1. The quantitative estimate of drug-likeness (QED) is 0.774. The molecule has 2 heterocycles. The van der Waals surface area contributed by atoms with Crippen molar-refractivity contribution in [2.45, 2.75) is 37.8 Å². The second kappa shape index (κ2) is 8.54. The zero-order valence-electron chi connectivity index (χ0n) is 16.6. The summed E-state index contributed by atoms with van der Waals surface area (Å²) in [6.07, 6.45) is 4.71. The lowest BCUT2D eigenvalue weighted by Gasteiger charge is -2.45. The molecule has 0 atom stereocenters. The van der Waals surface area contributed by atoms with Crippen molar-refractivity contribution in [2.75, 3.05) is 44.4 Å². The van der Waals surface area contributed by atoms with E-state index in [1.54, 1.807) is 6.07 Å². The minimum Gasteiger partial charge on any atom is -0.490 e. The van der Waals surface area contributed by atoms with Gasteiger partial charge < -0.3 is 20.9 Å². The monoisotopic (exact) mass is 404 g/mol. The molecule has 1 aromatic rings. The van der Waals surface area contributed by atoms with Crippen molar-refractivity contribution >= 4 is 17.6 Å². The normalized spacial score (nSPS) is 22.3. The van der Waals surface area contributed by atoms with Gasteiger partial charge in [0.05, 0.1) is 18.9 Å². The molecule has 0 amide bonds. The van der Waals surface area contributed by atoms with E-state index in [0.717, 1.165) is 65.0 Å². The first-order valence-electron chi connectivity index (χ1n) is 10.3. The van der Waals surface area contributed by atoms with Crippen molar-refractivity contribution in [3.63, 3.8) is 0 Å². The number of guanidine groups is 2. The summed E-state index contributed by atoms with van der Waals surface area (Å²) in [4.78, 5) is 12.9. The molecule has 2 aliphatic heterocycles. The predicted octanol–water partition coefficient (Wildman–Crippen LogP) is 1.65. The summed E-state index contributed by atoms with van der Waals surface area (Å²) in [5, 5.41) is 0. The van der Waals surface area contributed by atoms with Gasteiger partial charge in [-0.2, -0.15) is 4.99 Å². The van der Waals surface area contributed by atoms with E-state index in [-0.39, 0.29) is 17.7 Å². The highest BCUT2D eigenvalue weighted by molar-refractivity contribution is 6.06. The van der Waals surface area contributed by atoms with Crippen molar-refractivity contribution in [3.05, 3.63) is 24.0 Å². The van der Waals surface area contributed by atoms with Crippen LogP contribution >= 0.6 is 0 Å². The highest BCUT2D eigenvalue weighted by Crippen LogP contribution is 2.42. The fourth-order valence-electron chi connectivity index (χ4n) is 4.37. The van der Waals surface area contributed by atoms with Gasteiger partial charge in [-0.05, 0) is 37.8 Å². The van der Waals surface area contributed by atoms with Crippen LogP contribution in [0.2, 0.25) is 0 Å². The Labute approximate surface area is 170 Å². The summed E-state index contributed by atoms with van der Waals surface area (Å²) in [6, 6.07) is 4.49. The van der Waals surface area contributed by atoms with E-state index in [4.69, 9.17) is 20.9 Å². The Bertz CT molecular complexity index is 787. The van der Waals surface area contributed by atoms with Crippen LogP contribution in [0.1, 0.15) is 32.1 Å². The van der Waals surface area contributed by atoms with Gasteiger partial charge in [0.15, 0.2) is 0 Å². The van der Waals surface area contributed by atoms with Crippen LogP contribution in [-0.4, -0.2) is 61.9 Å². The van der Waals surface area contributed by atoms with E-state index in [1.165, 1.54) is 12.1 Å². The van der Waals surface area contributed by atoms with Gasteiger partial charge in [0.1, 0.15) is 23.8 Å². The zero-order chi connectivity index (χ0) is 20.3. The van der Waals surface area contributed by atoms with E-state index in [9.17, 15) is 4.39 Å². The number of benzene rings is 1. The fraction of sp³-hybridized carbons (Fsp3) is 0.600. The maximum atomic E-state index is 14.2. The largest absolute Gasteiger partial charge is 0.490 e. The molecule has 1 spiro atoms. The van der Waals surface area contributed by atoms with Gasteiger partial charge in [0, 0.05) is 25.7 Å². The first-order valence-corrected chi connectivity index (χ1v) is 10.3. The van der Waals surface area contributed by atoms with Gasteiger partial charge in [0.2, 0.25) is 11.9 Å². The van der Waals surface area contributed by atoms with Gasteiger partial charge >= 0.3 is 0 Å². The van der Waals surface area contributed by atoms with Crippen LogP contribution in [0, 0.1) is 5.82 Å². The highest BCUT2D eigenvalue weighted by atomic mass is 19.1. The number of hydrogen-bond donors (Lipinski definition) is 2. The van der Waals surface area contributed by atoms with Crippen LogP contribution in [0.25, 0.3) is 0 Å². The van der Waals surface area contributed by atoms with E-state index >= 15 is 0 Å². The van der Waals surface area contributed by atoms with E-state index in [2.05, 4.69) is 14.9 Å². The average Bonchev–Trinajstić information content (AvgIpc) is 2.70. The Hall–Kier alpha value is -2.39. The van der Waals surface area contributed by atoms with Crippen LogP contribution in [0.4, 0.5) is 10.1 Å². The number of nitrogens with two attached hydrogens (primary N) is 2. The smallest absolute Gasteiger partial charge is 0.220 e. The molecule has 9 heteroatoms. The Morgan fingerprint density at radius 1 is 1.14 bits per heavy atom. The third-order valence-corrected chi connectivity index (χ3v) is 5.78. The second-order valence-corrected chi connectivity index (χ2v) is 7.73. The summed E-state index contributed by atoms with van der Waals surface area (Å²) in [5.41, 5.74) is 12.1. The molecule has 4 N–H and O–H groups in total. The molecule has 1 aliphatic carbocycles. The Morgan fingerprint density at radius 3 is 2.66 bits per heavy atom. The molecule has 4 rings (SSSR count). The lowest BCUT2D eigenvalue weighted by molar-refractivity contribution is 0.0322. The van der Waals surface area contributed by atoms with Crippen LogP contribution in [0.5, 0.6) is 5.75 Å². The fourth-order valence-corrected chi connectivity index (χ4v) is 4.37. The predicted molar refractivity (Wildman–Crippen MR) is 111 cm³/mol. The van der Waals surface area contributed by atoms with Crippen LogP contribution in [0.3, 0.4) is 0 Å². The molecule has 3 aliphatic rings. The second-order valence-electron chi connectivity index (χ2n) is 7.73. The Balaban J connectivity index is 1.59. The van der Waals surface area contributed by atoms with E-state index in [0.29, 0.717) is 18.0 Å². The summed E-state index contributed by atoms with van der Waals surface area (Å²) in [6.45, 7) is 4.53. The van der Waals surface area contributed by atoms with E-state index < -0.39 is 5.66 Å². The minimum absolute atomic E-state index is 0.173. The molecule has 158 valence electrons. The number of ether oxygens (including phenoxy) is 2. The van der Waals surface area contributed by atoms with Gasteiger partial charge in [-0.25, -0.2) is 9.38 Å². The molecule has 1 saturated carbocycles. The zero-order valence-corrected chi connectivity index (χ0v) is 16.6. The van der Waals surface area contributed by atoms with Crippen molar-refractivity contribution < 1.29 is 13.9 Å². The molecule has 0 aromatic heterocycles. The maximum absolute atomic E-state index is 14.2. The summed E-state index contributed by atoms with van der Waals surface area (Å²) < 4.78 is 25.7. The summed E-state index contributed by atoms with van der Waals surface area (Å²) >= 11 is 0. The third kappa shape index (κ3) is 4.30. The average molecular weight is 404 g/mol. The van der Waals surface area contributed by atoms with Gasteiger partial charge in [0.25, 0.3) is 0 Å². The molecule has 1 aromatic carbocycles. The van der Waals surface area contributed by atoms with Crippen molar-refractivity contribution in [2.24, 2.45) is 21.5 Å². The lowest BCUT2D eigenvalue weighted by Crippen LogP contribution is -2.58. The number of hydrogen-bond acceptors (Lipinski definition) is 8. The molecule has 0 bridgehead atoms. The number of nitrogens with zero attached hydrogens (tertiary/aromatic N) is 4. The van der Waals surface area contributed by atoms with Crippen LogP contribution in [0.15, 0.2) is 28.2 Å². The van der Waals surface area contributed by atoms with Crippen LogP contribution in [-0.2, 0) is 4.74 Å². The SMILES string of the molecule is NC1=NC2(CCCCC2)N(c2cc(F)ccc2OCCN2CCOCC2)C(N)=N1. The van der Waals surface area contributed by atoms with E-state index in [1.807, 2.05) is 4.90 Å². The standard InChI is InChI=1S/C20H29FN6O2/c21-15-4-5-17(29-13-10-26-8-11-28-12-9-26)16(14-15)27-19(23)24-18(22)25-20(27)6-2-1-3-7-20/h4-5,14H,1-3,6-13H2,(H4,22,23,24,25). The lowest BCUT2D eigenvalue weighted by atomic mass is 9.87. The van der Waals surface area contributed by atoms with Crippen molar-refractivity contribution in [1.82, 2.24) is 4.90 Å². The number of rotatable bonds is 5. The minimum atomic E-state index is -0.635. The first-order chi connectivity index (χ1) is 14.1. The van der Waals surface area contributed by atoms with Gasteiger partial charge in [-0.1, -0.05) is 6.42 Å². The summed E-state index contributed by atoms with van der Waals surface area (Å²) in [5.74, 6) is 0.607. The molecular weight excluding hydrogens is 375 g/mol. The first kappa shape index (κ1) is 19.9. The maximum Gasteiger partial charge on any atom is 0.220 e. The third-order valence-electron chi connectivity index (χ3n) is 5.78. The Morgan fingerprint density at radius 2 is 1.90 bits per heavy atom. The molecule has 0 radical (unpaired) electrons. The summed E-state index contributed by atoms with van der Waals surface area (Å²) in [7, 11) is 0. The topological polar surface area (TPSA) is 102 Å². The van der Waals surface area contributed by atoms with Crippen molar-refractivity contribution in [3.8, 4) is 5.75 Å². The molecule has 0 unspecified atom stereocenters. The molecule has 2 fully saturated rings.